The zero-order valence-electron chi connectivity index (χ0n) is 21.0. The average Bonchev–Trinajstić information content (AvgIpc) is 3.24. The Labute approximate surface area is 216 Å². The van der Waals surface area contributed by atoms with Crippen LogP contribution in [0.5, 0.6) is 11.5 Å². The van der Waals surface area contributed by atoms with Gasteiger partial charge in [-0.25, -0.2) is 0 Å². The summed E-state index contributed by atoms with van der Waals surface area (Å²) in [5, 5.41) is 33.3. The van der Waals surface area contributed by atoms with Crippen molar-refractivity contribution in [2.75, 3.05) is 0 Å². The standard InChI is InChI=1S/C32H32O5/c1-32-17-16-21-20(23(32)14-15-24(32)33)12-13-22-25(21)26(28(34)18-8-4-2-5-9-18)27(31(37)30(22)36)29(35)19-10-6-3-7-11-19/h2-11,20-21,23-24,33,36-37H,12-17H2,1H3/t20-,21+,23+,24+,32+/m1/s1. The maximum Gasteiger partial charge on any atom is 0.197 e. The van der Waals surface area contributed by atoms with E-state index in [2.05, 4.69) is 6.92 Å². The van der Waals surface area contributed by atoms with Gasteiger partial charge in [-0.2, -0.15) is 0 Å². The average molecular weight is 497 g/mol. The molecule has 2 saturated carbocycles. The molecule has 0 spiro atoms. The Morgan fingerprint density at radius 2 is 1.38 bits per heavy atom. The van der Waals surface area contributed by atoms with E-state index in [-0.39, 0.29) is 46.0 Å². The lowest BCUT2D eigenvalue weighted by Crippen LogP contribution is -2.44. The predicted molar refractivity (Wildman–Crippen MR) is 140 cm³/mol. The normalized spacial score (nSPS) is 28.2. The van der Waals surface area contributed by atoms with Crippen molar-refractivity contribution in [3.8, 4) is 11.5 Å². The van der Waals surface area contributed by atoms with Crippen LogP contribution >= 0.6 is 0 Å². The molecule has 3 N–H and O–H groups in total. The summed E-state index contributed by atoms with van der Waals surface area (Å²) in [7, 11) is 0. The predicted octanol–water partition coefficient (Wildman–Crippen LogP) is 5.78. The molecular weight excluding hydrogens is 464 g/mol. The quantitative estimate of drug-likeness (QED) is 0.315. The van der Waals surface area contributed by atoms with Gasteiger partial charge < -0.3 is 15.3 Å². The molecule has 0 radical (unpaired) electrons. The number of fused-ring (bicyclic) bond motifs is 5. The molecule has 0 aliphatic heterocycles. The van der Waals surface area contributed by atoms with Crippen LogP contribution in [0.2, 0.25) is 0 Å². The maximum absolute atomic E-state index is 14.2. The van der Waals surface area contributed by atoms with Gasteiger partial charge in [0.2, 0.25) is 0 Å². The summed E-state index contributed by atoms with van der Waals surface area (Å²) in [5.74, 6) is -1.04. The number of hydrogen-bond acceptors (Lipinski definition) is 5. The molecule has 5 atom stereocenters. The molecule has 3 aliphatic carbocycles. The van der Waals surface area contributed by atoms with Crippen molar-refractivity contribution < 1.29 is 24.9 Å². The number of carbonyl (C=O) groups is 2. The van der Waals surface area contributed by atoms with Crippen LogP contribution < -0.4 is 0 Å². The SMILES string of the molecule is C[C@]12CC[C@@H]3c4c(c(O)c(O)c(C(=O)c5ccccc5)c4C(=O)c4ccccc4)CC[C@H]3[C@@H]1CC[C@@H]2O. The van der Waals surface area contributed by atoms with Gasteiger partial charge in [0.1, 0.15) is 0 Å². The van der Waals surface area contributed by atoms with Crippen LogP contribution in [0, 0.1) is 17.3 Å². The highest BCUT2D eigenvalue weighted by Crippen LogP contribution is 2.62. The van der Waals surface area contributed by atoms with Crippen LogP contribution in [0.3, 0.4) is 0 Å². The van der Waals surface area contributed by atoms with Crippen LogP contribution in [0.25, 0.3) is 0 Å². The first-order chi connectivity index (χ1) is 17.8. The van der Waals surface area contributed by atoms with Gasteiger partial charge in [-0.15, -0.1) is 0 Å². The molecule has 2 fully saturated rings. The second-order valence-corrected chi connectivity index (χ2v) is 11.3. The van der Waals surface area contributed by atoms with E-state index in [0.717, 1.165) is 37.7 Å². The van der Waals surface area contributed by atoms with Gasteiger partial charge in [-0.3, -0.25) is 9.59 Å². The van der Waals surface area contributed by atoms with Crippen LogP contribution in [0.1, 0.15) is 87.9 Å². The third kappa shape index (κ3) is 3.55. The second-order valence-electron chi connectivity index (χ2n) is 11.3. The van der Waals surface area contributed by atoms with Crippen molar-refractivity contribution in [2.45, 2.75) is 57.5 Å². The van der Waals surface area contributed by atoms with Gasteiger partial charge in [-0.05, 0) is 67.3 Å². The Morgan fingerprint density at radius 1 is 0.784 bits per heavy atom. The molecule has 5 nitrogen and oxygen atoms in total. The monoisotopic (exact) mass is 496 g/mol. The molecule has 0 aromatic heterocycles. The molecule has 0 bridgehead atoms. The first kappa shape index (κ1) is 23.9. The molecule has 190 valence electrons. The van der Waals surface area contributed by atoms with Crippen molar-refractivity contribution >= 4 is 11.6 Å². The van der Waals surface area contributed by atoms with Gasteiger partial charge in [0, 0.05) is 22.3 Å². The topological polar surface area (TPSA) is 94.8 Å². The van der Waals surface area contributed by atoms with E-state index in [9.17, 15) is 24.9 Å². The summed E-state index contributed by atoms with van der Waals surface area (Å²) in [6.07, 6.45) is 4.33. The van der Waals surface area contributed by atoms with Crippen LogP contribution in [-0.4, -0.2) is 33.0 Å². The van der Waals surface area contributed by atoms with E-state index in [0.29, 0.717) is 29.0 Å². The van der Waals surface area contributed by atoms with Crippen LogP contribution in [0.4, 0.5) is 0 Å². The van der Waals surface area contributed by atoms with E-state index in [4.69, 9.17) is 0 Å². The highest BCUT2D eigenvalue weighted by molar-refractivity contribution is 6.22. The lowest BCUT2D eigenvalue weighted by molar-refractivity contribution is -0.0228. The summed E-state index contributed by atoms with van der Waals surface area (Å²) in [5.41, 5.74) is 2.06. The molecule has 0 saturated heterocycles. The van der Waals surface area contributed by atoms with Crippen molar-refractivity contribution in [3.63, 3.8) is 0 Å². The molecule has 0 heterocycles. The third-order valence-electron chi connectivity index (χ3n) is 9.60. The summed E-state index contributed by atoms with van der Waals surface area (Å²) < 4.78 is 0. The van der Waals surface area contributed by atoms with E-state index >= 15 is 0 Å². The number of phenolic OH excluding ortho intramolecular Hbond substituents is 2. The highest BCUT2D eigenvalue weighted by atomic mass is 16.3. The lowest BCUT2D eigenvalue weighted by atomic mass is 9.54. The van der Waals surface area contributed by atoms with Gasteiger partial charge in [0.15, 0.2) is 23.1 Å². The Hall–Kier alpha value is -3.44. The lowest BCUT2D eigenvalue weighted by Gasteiger charge is -2.50. The van der Waals surface area contributed by atoms with Crippen LogP contribution in [-0.2, 0) is 6.42 Å². The van der Waals surface area contributed by atoms with Crippen molar-refractivity contribution in [2.24, 2.45) is 17.3 Å². The number of aliphatic hydroxyl groups is 1. The van der Waals surface area contributed by atoms with E-state index < -0.39 is 11.5 Å². The molecule has 5 heteroatoms. The molecule has 0 amide bonds. The number of ketones is 2. The molecule has 37 heavy (non-hydrogen) atoms. The fraction of sp³-hybridized carbons (Fsp3) is 0.375. The molecular formula is C32H32O5. The number of aromatic hydroxyl groups is 2. The maximum atomic E-state index is 14.2. The zero-order chi connectivity index (χ0) is 25.9. The smallest absolute Gasteiger partial charge is 0.197 e. The minimum atomic E-state index is -0.512. The Morgan fingerprint density at radius 3 is 2.00 bits per heavy atom. The Bertz CT molecular complexity index is 1380. The van der Waals surface area contributed by atoms with E-state index in [1.165, 1.54) is 0 Å². The van der Waals surface area contributed by atoms with Gasteiger partial charge in [0.05, 0.1) is 11.7 Å². The van der Waals surface area contributed by atoms with Crippen molar-refractivity contribution in [1.29, 1.82) is 0 Å². The number of benzene rings is 3. The minimum Gasteiger partial charge on any atom is -0.504 e. The van der Waals surface area contributed by atoms with Gasteiger partial charge in [0.25, 0.3) is 0 Å². The molecule has 3 aromatic carbocycles. The number of carbonyl (C=O) groups excluding carboxylic acids is 2. The van der Waals surface area contributed by atoms with Gasteiger partial charge in [-0.1, -0.05) is 67.6 Å². The second kappa shape index (κ2) is 8.84. The number of hydrogen-bond donors (Lipinski definition) is 3. The Kier molecular flexibility index (Phi) is 5.72. The summed E-state index contributed by atoms with van der Waals surface area (Å²) in [6, 6.07) is 17.4. The Balaban J connectivity index is 1.59. The first-order valence-electron chi connectivity index (χ1n) is 13.3. The van der Waals surface area contributed by atoms with E-state index in [1.54, 1.807) is 54.6 Å². The summed E-state index contributed by atoms with van der Waals surface area (Å²) in [6.45, 7) is 2.19. The van der Waals surface area contributed by atoms with Crippen molar-refractivity contribution in [1.82, 2.24) is 0 Å². The van der Waals surface area contributed by atoms with E-state index in [1.807, 2.05) is 6.07 Å². The zero-order valence-corrected chi connectivity index (χ0v) is 21.0. The first-order valence-corrected chi connectivity index (χ1v) is 13.3. The molecule has 3 aromatic rings. The fourth-order valence-corrected chi connectivity index (χ4v) is 7.71. The summed E-state index contributed by atoms with van der Waals surface area (Å²) in [4.78, 5) is 28.0. The number of phenols is 2. The third-order valence-corrected chi connectivity index (χ3v) is 9.60. The number of aliphatic hydroxyl groups excluding tert-OH is 1. The minimum absolute atomic E-state index is 0.0244. The van der Waals surface area contributed by atoms with Crippen molar-refractivity contribution in [3.05, 3.63) is 94.0 Å². The number of rotatable bonds is 4. The molecule has 6 rings (SSSR count). The highest BCUT2D eigenvalue weighted by Gasteiger charge is 2.55. The van der Waals surface area contributed by atoms with Gasteiger partial charge >= 0.3 is 0 Å². The molecule has 3 aliphatic rings. The molecule has 0 unspecified atom stereocenters. The largest absolute Gasteiger partial charge is 0.504 e. The fourth-order valence-electron chi connectivity index (χ4n) is 7.71. The summed E-state index contributed by atoms with van der Waals surface area (Å²) >= 11 is 0. The van der Waals surface area contributed by atoms with Crippen LogP contribution in [0.15, 0.2) is 60.7 Å².